The van der Waals surface area contributed by atoms with E-state index in [1.165, 1.54) is 5.01 Å². The largest absolute Gasteiger partial charge is 0.375 e. The summed E-state index contributed by atoms with van der Waals surface area (Å²) >= 11 is 1.72. The highest BCUT2D eigenvalue weighted by Crippen LogP contribution is 2.15. The van der Waals surface area contributed by atoms with Crippen LogP contribution in [0.5, 0.6) is 0 Å². The normalized spacial score (nSPS) is 23.2. The van der Waals surface area contributed by atoms with Crippen molar-refractivity contribution in [3.05, 3.63) is 16.1 Å². The first-order valence-electron chi connectivity index (χ1n) is 7.94. The molecule has 1 aromatic rings. The number of amides is 1. The number of hydrogen-bond acceptors (Lipinski definition) is 6. The summed E-state index contributed by atoms with van der Waals surface area (Å²) in [5.41, 5.74) is 1.10. The second-order valence-electron chi connectivity index (χ2n) is 6.05. The molecule has 22 heavy (non-hydrogen) atoms. The lowest BCUT2D eigenvalue weighted by Gasteiger charge is -2.32. The van der Waals surface area contributed by atoms with Crippen LogP contribution in [-0.4, -0.2) is 61.2 Å². The lowest BCUT2D eigenvalue weighted by molar-refractivity contribution is -0.126. The maximum Gasteiger partial charge on any atom is 0.225 e. The fraction of sp³-hybridized carbons (Fsp3) is 0.733. The van der Waals surface area contributed by atoms with Crippen molar-refractivity contribution in [2.24, 2.45) is 5.92 Å². The molecule has 1 amide bonds. The van der Waals surface area contributed by atoms with E-state index in [1.54, 1.807) is 11.3 Å². The molecule has 6 nitrogen and oxygen atoms in total. The van der Waals surface area contributed by atoms with Crippen LogP contribution >= 0.6 is 11.3 Å². The summed E-state index contributed by atoms with van der Waals surface area (Å²) in [6, 6.07) is 0. The number of nitrogens with one attached hydrogen (secondary N) is 2. The minimum atomic E-state index is 0.164. The maximum absolute atomic E-state index is 11.8. The zero-order chi connectivity index (χ0) is 15.4. The highest BCUT2D eigenvalue weighted by atomic mass is 32.1. The number of carbonyl (C=O) groups excluding carboxylic acids is 1. The van der Waals surface area contributed by atoms with E-state index in [4.69, 9.17) is 4.74 Å². The third-order valence-electron chi connectivity index (χ3n) is 4.17. The first-order chi connectivity index (χ1) is 10.7. The van der Waals surface area contributed by atoms with E-state index in [-0.39, 0.29) is 17.9 Å². The van der Waals surface area contributed by atoms with Gasteiger partial charge in [0.25, 0.3) is 0 Å². The van der Waals surface area contributed by atoms with Crippen LogP contribution in [0.15, 0.2) is 5.38 Å². The molecule has 122 valence electrons. The Labute approximate surface area is 135 Å². The van der Waals surface area contributed by atoms with Gasteiger partial charge in [-0.1, -0.05) is 0 Å². The van der Waals surface area contributed by atoms with Crippen LogP contribution in [-0.2, 0) is 16.1 Å². The molecule has 0 aliphatic carbocycles. The molecule has 0 saturated carbocycles. The molecule has 2 aliphatic heterocycles. The van der Waals surface area contributed by atoms with Gasteiger partial charge in [-0.2, -0.15) is 0 Å². The molecular weight excluding hydrogens is 300 g/mol. The van der Waals surface area contributed by atoms with Gasteiger partial charge in [-0.3, -0.25) is 9.69 Å². The van der Waals surface area contributed by atoms with Gasteiger partial charge in [0.15, 0.2) is 0 Å². The number of ether oxygens (including phenoxy) is 1. The second-order valence-corrected chi connectivity index (χ2v) is 6.99. The molecule has 7 heteroatoms. The van der Waals surface area contributed by atoms with Crippen molar-refractivity contribution >= 4 is 17.2 Å². The van der Waals surface area contributed by atoms with Gasteiger partial charge in [-0.15, -0.1) is 11.3 Å². The number of rotatable bonds is 6. The maximum atomic E-state index is 11.8. The Kier molecular flexibility index (Phi) is 5.41. The number of thiazole rings is 1. The van der Waals surface area contributed by atoms with Gasteiger partial charge in [0.05, 0.1) is 25.2 Å². The van der Waals surface area contributed by atoms with E-state index in [0.29, 0.717) is 6.54 Å². The van der Waals surface area contributed by atoms with Crippen molar-refractivity contribution in [3.63, 3.8) is 0 Å². The van der Waals surface area contributed by atoms with Crippen LogP contribution in [0.2, 0.25) is 0 Å². The number of aryl methyl sites for hydroxylation is 1. The zero-order valence-corrected chi connectivity index (χ0v) is 13.8. The van der Waals surface area contributed by atoms with E-state index in [2.05, 4.69) is 25.9 Å². The summed E-state index contributed by atoms with van der Waals surface area (Å²) in [4.78, 5) is 18.7. The highest BCUT2D eigenvalue weighted by Gasteiger charge is 2.25. The molecule has 0 aromatic carbocycles. The fourth-order valence-electron chi connectivity index (χ4n) is 2.74. The first-order valence-corrected chi connectivity index (χ1v) is 8.82. The molecule has 3 heterocycles. The minimum Gasteiger partial charge on any atom is -0.375 e. The SMILES string of the molecule is Cc1csc(CN2CCO[C@@H](CCNC(=O)C3CNC3)C2)n1. The molecule has 2 fully saturated rings. The molecule has 0 bridgehead atoms. The van der Waals surface area contributed by atoms with Crippen molar-refractivity contribution in [3.8, 4) is 0 Å². The van der Waals surface area contributed by atoms with Crippen LogP contribution in [0.1, 0.15) is 17.1 Å². The van der Waals surface area contributed by atoms with Gasteiger partial charge in [0.2, 0.25) is 5.91 Å². The van der Waals surface area contributed by atoms with Crippen molar-refractivity contribution in [2.45, 2.75) is 26.0 Å². The van der Waals surface area contributed by atoms with E-state index >= 15 is 0 Å². The van der Waals surface area contributed by atoms with E-state index in [0.717, 1.165) is 51.4 Å². The Bertz CT molecular complexity index is 503. The van der Waals surface area contributed by atoms with E-state index in [1.807, 2.05) is 6.92 Å². The molecule has 1 aromatic heterocycles. The Morgan fingerprint density at radius 2 is 2.45 bits per heavy atom. The van der Waals surface area contributed by atoms with Crippen molar-refractivity contribution in [1.82, 2.24) is 20.5 Å². The summed E-state index contributed by atoms with van der Waals surface area (Å²) in [5.74, 6) is 0.335. The topological polar surface area (TPSA) is 66.5 Å². The lowest BCUT2D eigenvalue weighted by atomic mass is 10.0. The van der Waals surface area contributed by atoms with Crippen LogP contribution in [0.3, 0.4) is 0 Å². The third kappa shape index (κ3) is 4.25. The Morgan fingerprint density at radius 1 is 1.59 bits per heavy atom. The van der Waals surface area contributed by atoms with Crippen molar-refractivity contribution < 1.29 is 9.53 Å². The average molecular weight is 324 g/mol. The van der Waals surface area contributed by atoms with Crippen LogP contribution in [0, 0.1) is 12.8 Å². The van der Waals surface area contributed by atoms with Gasteiger partial charge >= 0.3 is 0 Å². The van der Waals surface area contributed by atoms with E-state index < -0.39 is 0 Å². The second kappa shape index (κ2) is 7.50. The van der Waals surface area contributed by atoms with Crippen LogP contribution in [0.4, 0.5) is 0 Å². The molecule has 0 radical (unpaired) electrons. The smallest absolute Gasteiger partial charge is 0.225 e. The van der Waals surface area contributed by atoms with Gasteiger partial charge in [-0.05, 0) is 13.3 Å². The predicted molar refractivity (Wildman–Crippen MR) is 85.9 cm³/mol. The summed E-state index contributed by atoms with van der Waals surface area (Å²) in [7, 11) is 0. The van der Waals surface area contributed by atoms with E-state index in [9.17, 15) is 4.79 Å². The molecule has 0 spiro atoms. The lowest BCUT2D eigenvalue weighted by Crippen LogP contribution is -2.51. The molecule has 0 unspecified atom stereocenters. The number of aromatic nitrogens is 1. The summed E-state index contributed by atoms with van der Waals surface area (Å²) in [5, 5.41) is 9.39. The van der Waals surface area contributed by atoms with Crippen molar-refractivity contribution in [1.29, 1.82) is 0 Å². The quantitative estimate of drug-likeness (QED) is 0.792. The molecule has 2 aliphatic rings. The monoisotopic (exact) mass is 324 g/mol. The van der Waals surface area contributed by atoms with Gasteiger partial charge < -0.3 is 15.4 Å². The van der Waals surface area contributed by atoms with Crippen molar-refractivity contribution in [2.75, 3.05) is 39.3 Å². The molecule has 3 rings (SSSR count). The fourth-order valence-corrected chi connectivity index (χ4v) is 3.55. The Balaban J connectivity index is 1.37. The summed E-state index contributed by atoms with van der Waals surface area (Å²) < 4.78 is 5.81. The molecule has 1 atom stereocenters. The third-order valence-corrected chi connectivity index (χ3v) is 5.12. The number of carbonyl (C=O) groups is 1. The number of hydrogen-bond donors (Lipinski definition) is 2. The molecule has 2 N–H and O–H groups in total. The van der Waals surface area contributed by atoms with Gasteiger partial charge in [-0.25, -0.2) is 4.98 Å². The minimum absolute atomic E-state index is 0.164. The predicted octanol–water partition coefficient (Wildman–Crippen LogP) is 0.378. The van der Waals surface area contributed by atoms with Gasteiger partial charge in [0.1, 0.15) is 5.01 Å². The van der Waals surface area contributed by atoms with Crippen LogP contribution < -0.4 is 10.6 Å². The highest BCUT2D eigenvalue weighted by molar-refractivity contribution is 7.09. The first kappa shape index (κ1) is 15.9. The zero-order valence-electron chi connectivity index (χ0n) is 13.0. The van der Waals surface area contributed by atoms with Crippen LogP contribution in [0.25, 0.3) is 0 Å². The standard InChI is InChI=1S/C15H24N4O2S/c1-11-10-22-14(18-11)9-19-4-5-21-13(8-19)2-3-17-15(20)12-6-16-7-12/h10,12-13,16H,2-9H2,1H3,(H,17,20)/t13-/m0/s1. The van der Waals surface area contributed by atoms with Gasteiger partial charge in [0, 0.05) is 43.8 Å². The number of morpholine rings is 1. The summed E-state index contributed by atoms with van der Waals surface area (Å²) in [6.45, 7) is 7.88. The molecular formula is C15H24N4O2S. The Hall–Kier alpha value is -1.02. The summed E-state index contributed by atoms with van der Waals surface area (Å²) in [6.07, 6.45) is 1.08. The molecule has 2 saturated heterocycles. The number of nitrogens with zero attached hydrogens (tertiary/aromatic N) is 2. The Morgan fingerprint density at radius 3 is 3.14 bits per heavy atom. The average Bonchev–Trinajstić information content (AvgIpc) is 2.82.